The van der Waals surface area contributed by atoms with E-state index in [0.717, 1.165) is 23.3 Å². The summed E-state index contributed by atoms with van der Waals surface area (Å²) >= 11 is 6.60. The summed E-state index contributed by atoms with van der Waals surface area (Å²) in [5.74, 6) is -1.04. The van der Waals surface area contributed by atoms with E-state index in [1.54, 1.807) is 42.8 Å². The van der Waals surface area contributed by atoms with E-state index >= 15 is 0 Å². The second-order valence-corrected chi connectivity index (χ2v) is 14.6. The smallest absolute Gasteiger partial charge is 0.780 e. The number of nitrogens with zero attached hydrogens (tertiary/aromatic N) is 6. The maximum atomic E-state index is 14.8. The van der Waals surface area contributed by atoms with Crippen LogP contribution < -0.4 is 78.3 Å². The number of hydrogen-bond donors (Lipinski definition) is 0. The normalized spacial score (nSPS) is 16.8. The second-order valence-electron chi connectivity index (χ2n) is 13.1. The number of phosphoric ester groups is 1. The third-order valence-corrected chi connectivity index (χ3v) is 10.5. The van der Waals surface area contributed by atoms with Gasteiger partial charge in [0.05, 0.1) is 30.7 Å². The van der Waals surface area contributed by atoms with E-state index in [-0.39, 0.29) is 93.8 Å². The Morgan fingerprint density at radius 3 is 2.40 bits per heavy atom. The zero-order valence-electron chi connectivity index (χ0n) is 34.0. The van der Waals surface area contributed by atoms with Crippen LogP contribution in [0.25, 0.3) is 11.3 Å². The zero-order chi connectivity index (χ0) is 39.9. The molecule has 17 heteroatoms. The van der Waals surface area contributed by atoms with Gasteiger partial charge in [-0.25, -0.2) is 0 Å². The van der Waals surface area contributed by atoms with Crippen molar-refractivity contribution in [3.05, 3.63) is 118 Å². The summed E-state index contributed by atoms with van der Waals surface area (Å²) < 4.78 is 47.2. The molecule has 2 aliphatic heterocycles. The first-order valence-corrected chi connectivity index (χ1v) is 18.8. The number of fused-ring (bicyclic) bond motifs is 1. The average molecular weight is 806 g/mol. The number of carbonyl (C=O) groups excluding carboxylic acids is 2. The van der Waals surface area contributed by atoms with Crippen LogP contribution in [0.2, 0.25) is 5.02 Å². The fourth-order valence-electron chi connectivity index (χ4n) is 7.03. The van der Waals surface area contributed by atoms with Crippen LogP contribution in [0, 0.1) is 6.92 Å². The van der Waals surface area contributed by atoms with Crippen LogP contribution in [0.3, 0.4) is 0 Å². The molecular formula is C38H38ClN6Na2O7P. The van der Waals surface area contributed by atoms with Crippen molar-refractivity contribution in [2.45, 2.75) is 25.9 Å². The van der Waals surface area contributed by atoms with Gasteiger partial charge in [0.2, 0.25) is 0 Å². The zero-order valence-corrected chi connectivity index (χ0v) is 36.6. The van der Waals surface area contributed by atoms with Gasteiger partial charge in [-0.3, -0.25) is 24.1 Å². The van der Waals surface area contributed by atoms with Gasteiger partial charge in [0, 0.05) is 89.8 Å². The standard InChI is InChI=1S/C38H40ClN6O7P.2Na/c1-25-34(38(47)45(31-21-40-41(2)23-31)29-9-11-32(12-10-29)52-53(48,49)50)20-36(42(25)3)35-19-28(39)8-13-33(35)37(46)44-22-27-7-5-4-6-26(27)18-30(44)24-43-14-16-51-17-15-43;;/h4-13,19-21,23,30H,14-18,22,24H2,1-3H3,(H2,48,49,50);;/q;2*+1/p-2/t30-;;/m0../s1/i2D3;;. The molecule has 1 fully saturated rings. The van der Waals surface area contributed by atoms with Gasteiger partial charge < -0.3 is 33.1 Å². The van der Waals surface area contributed by atoms with E-state index in [9.17, 15) is 23.9 Å². The van der Waals surface area contributed by atoms with Gasteiger partial charge in [-0.05, 0) is 73.0 Å². The Morgan fingerprint density at radius 2 is 1.73 bits per heavy atom. The molecular weight excluding hydrogens is 765 g/mol. The molecule has 2 aliphatic rings. The van der Waals surface area contributed by atoms with Crippen LogP contribution in [-0.4, -0.2) is 74.9 Å². The minimum atomic E-state index is -5.36. The molecule has 3 aromatic carbocycles. The number of amides is 2. The largest absolute Gasteiger partial charge is 1.00 e. The molecule has 276 valence electrons. The Morgan fingerprint density at radius 1 is 1.02 bits per heavy atom. The Bertz CT molecular complexity index is 2330. The number of anilines is 2. The van der Waals surface area contributed by atoms with Crippen molar-refractivity contribution in [3.8, 4) is 17.0 Å². The molecule has 1 saturated heterocycles. The molecule has 2 amide bonds. The number of aryl methyl sites for hydroxylation is 1. The topological polar surface area (TPSA) is 148 Å². The Labute approximate surface area is 373 Å². The van der Waals surface area contributed by atoms with Crippen LogP contribution in [0.1, 0.15) is 41.6 Å². The van der Waals surface area contributed by atoms with Gasteiger partial charge in [0.1, 0.15) is 13.6 Å². The molecule has 1 atom stereocenters. The second kappa shape index (κ2) is 18.2. The fraction of sp³-hybridized carbons (Fsp3) is 0.289. The molecule has 0 bridgehead atoms. The van der Waals surface area contributed by atoms with Crippen molar-refractivity contribution in [1.29, 1.82) is 0 Å². The van der Waals surface area contributed by atoms with E-state index in [1.807, 2.05) is 23.1 Å². The van der Waals surface area contributed by atoms with Crippen molar-refractivity contribution in [2.24, 2.45) is 14.0 Å². The van der Waals surface area contributed by atoms with E-state index in [0.29, 0.717) is 60.3 Å². The van der Waals surface area contributed by atoms with Crippen LogP contribution in [0.4, 0.5) is 11.4 Å². The monoisotopic (exact) mass is 805 g/mol. The maximum Gasteiger partial charge on any atom is 1.00 e. The first-order chi connectivity index (χ1) is 26.6. The molecule has 0 unspecified atom stereocenters. The summed E-state index contributed by atoms with van der Waals surface area (Å²) in [7, 11) is -3.59. The Balaban J connectivity index is 0.00000320. The van der Waals surface area contributed by atoms with Gasteiger partial charge in [0.15, 0.2) is 0 Å². The summed E-state index contributed by atoms with van der Waals surface area (Å²) in [6.07, 6.45) is 3.10. The number of halogens is 1. The third kappa shape index (κ3) is 9.69. The van der Waals surface area contributed by atoms with Crippen molar-refractivity contribution >= 4 is 42.6 Å². The number of carbonyl (C=O) groups is 2. The van der Waals surface area contributed by atoms with E-state index in [1.165, 1.54) is 47.1 Å². The van der Waals surface area contributed by atoms with Gasteiger partial charge in [-0.2, -0.15) is 5.10 Å². The minimum absolute atomic E-state index is 0. The number of rotatable bonds is 9. The van der Waals surface area contributed by atoms with Crippen molar-refractivity contribution < 1.29 is 96.4 Å². The Hall–Kier alpha value is -2.75. The molecule has 13 nitrogen and oxygen atoms in total. The molecule has 0 radical (unpaired) electrons. The van der Waals surface area contributed by atoms with Crippen LogP contribution in [0.15, 0.2) is 85.2 Å². The first kappa shape index (κ1) is 39.1. The molecule has 55 heavy (non-hydrogen) atoms. The summed E-state index contributed by atoms with van der Waals surface area (Å²) in [6, 6.07) is 19.9. The molecule has 2 aromatic heterocycles. The summed E-state index contributed by atoms with van der Waals surface area (Å²) in [4.78, 5) is 57.4. The van der Waals surface area contributed by atoms with Crippen molar-refractivity contribution in [3.63, 3.8) is 0 Å². The quantitative estimate of drug-likeness (QED) is 0.128. The van der Waals surface area contributed by atoms with Gasteiger partial charge in [-0.15, -0.1) is 0 Å². The molecule has 5 aromatic rings. The number of benzene rings is 3. The molecule has 0 aliphatic carbocycles. The van der Waals surface area contributed by atoms with Crippen molar-refractivity contribution in [1.82, 2.24) is 24.1 Å². The van der Waals surface area contributed by atoms with Crippen LogP contribution >= 0.6 is 19.4 Å². The number of phosphoric acid groups is 1. The summed E-state index contributed by atoms with van der Waals surface area (Å²) in [5, 5.41) is 4.34. The maximum absolute atomic E-state index is 14.8. The Kier molecular flexibility index (Phi) is 13.0. The molecule has 7 rings (SSSR count). The first-order valence-electron chi connectivity index (χ1n) is 18.4. The fourth-order valence-corrected chi connectivity index (χ4v) is 7.58. The van der Waals surface area contributed by atoms with E-state index < -0.39 is 20.7 Å². The number of hydrogen-bond acceptors (Lipinski definition) is 9. The van der Waals surface area contributed by atoms with Crippen molar-refractivity contribution in [2.75, 3.05) is 37.7 Å². The molecule has 0 spiro atoms. The third-order valence-electron chi connectivity index (χ3n) is 9.78. The SMILES string of the molecule is [2H]C([2H])([2H])n1cc(N(C(=O)c2cc(-c3cc(Cl)ccc3C(=O)N3Cc4ccccc4C[C@H]3CN3CCOCC3)n(C)c2C)c2ccc(OP(=O)([O-])[O-])cc2)cn1.[Na+].[Na+]. The molecule has 0 N–H and O–H groups in total. The van der Waals surface area contributed by atoms with Crippen LogP contribution in [-0.2, 0) is 36.3 Å². The molecule has 0 saturated carbocycles. The average Bonchev–Trinajstić information content (AvgIpc) is 3.76. The van der Waals surface area contributed by atoms with Gasteiger partial charge in [-0.1, -0.05) is 35.9 Å². The number of ether oxygens (including phenoxy) is 1. The number of morpholine rings is 1. The van der Waals surface area contributed by atoms with Gasteiger partial charge in [0.25, 0.3) is 11.8 Å². The van der Waals surface area contributed by atoms with E-state index in [2.05, 4.69) is 20.6 Å². The van der Waals surface area contributed by atoms with Crippen LogP contribution in [0.5, 0.6) is 5.75 Å². The minimum Gasteiger partial charge on any atom is -0.780 e. The predicted molar refractivity (Wildman–Crippen MR) is 196 cm³/mol. The predicted octanol–water partition coefficient (Wildman–Crippen LogP) is -1.52. The number of aromatic nitrogens is 3. The van der Waals surface area contributed by atoms with E-state index in [4.69, 9.17) is 20.5 Å². The van der Waals surface area contributed by atoms with Gasteiger partial charge >= 0.3 is 59.1 Å². The molecule has 4 heterocycles. The summed E-state index contributed by atoms with van der Waals surface area (Å²) in [5.41, 5.74) is 4.75. The summed E-state index contributed by atoms with van der Waals surface area (Å²) in [6.45, 7) is 3.03.